The topological polar surface area (TPSA) is 105 Å². The highest BCUT2D eigenvalue weighted by Crippen LogP contribution is 2.24. The molecule has 0 atom stereocenters. The molecule has 2 rings (SSSR count). The Morgan fingerprint density at radius 1 is 1.43 bits per heavy atom. The molecule has 0 radical (unpaired) electrons. The van der Waals surface area contributed by atoms with Crippen LogP contribution >= 0.6 is 15.9 Å². The standard InChI is InChI=1S/C11H11BrFN3O4S/c12-8-3-7(5-17)11(13)9(4-8)21(18,19)15-2-1-10-14-6-20-16-10/h3-4,6,15,17H,1-2,5H2. The van der Waals surface area contributed by atoms with Crippen LogP contribution in [0.1, 0.15) is 11.4 Å². The third-order valence-corrected chi connectivity index (χ3v) is 4.50. The van der Waals surface area contributed by atoms with Crippen molar-refractivity contribution in [3.63, 3.8) is 0 Å². The minimum atomic E-state index is -4.05. The van der Waals surface area contributed by atoms with Crippen molar-refractivity contribution < 1.29 is 22.4 Å². The minimum Gasteiger partial charge on any atom is -0.392 e. The minimum absolute atomic E-state index is 0.0116. The van der Waals surface area contributed by atoms with Gasteiger partial charge in [0.2, 0.25) is 16.4 Å². The monoisotopic (exact) mass is 379 g/mol. The number of benzene rings is 1. The number of aromatic nitrogens is 2. The molecule has 0 unspecified atom stereocenters. The molecule has 10 heteroatoms. The van der Waals surface area contributed by atoms with E-state index < -0.39 is 27.3 Å². The van der Waals surface area contributed by atoms with Crippen molar-refractivity contribution in [1.82, 2.24) is 14.9 Å². The highest BCUT2D eigenvalue weighted by atomic mass is 79.9. The maximum absolute atomic E-state index is 14.0. The Kier molecular flexibility index (Phi) is 5.04. The zero-order valence-electron chi connectivity index (χ0n) is 10.6. The number of aliphatic hydroxyl groups is 1. The quantitative estimate of drug-likeness (QED) is 0.774. The van der Waals surface area contributed by atoms with E-state index >= 15 is 0 Å². The van der Waals surface area contributed by atoms with Crippen molar-refractivity contribution in [3.8, 4) is 0 Å². The van der Waals surface area contributed by atoms with Gasteiger partial charge in [-0.3, -0.25) is 0 Å². The Labute approximate surface area is 128 Å². The molecule has 21 heavy (non-hydrogen) atoms. The van der Waals surface area contributed by atoms with E-state index in [2.05, 4.69) is 35.3 Å². The second-order valence-electron chi connectivity index (χ2n) is 4.03. The summed E-state index contributed by atoms with van der Waals surface area (Å²) in [5.74, 6) is -0.642. The third kappa shape index (κ3) is 3.84. The number of rotatable bonds is 6. The molecular weight excluding hydrogens is 369 g/mol. The molecule has 7 nitrogen and oxygen atoms in total. The zero-order valence-corrected chi connectivity index (χ0v) is 13.0. The smallest absolute Gasteiger partial charge is 0.243 e. The summed E-state index contributed by atoms with van der Waals surface area (Å²) in [4.78, 5) is 3.21. The van der Waals surface area contributed by atoms with Gasteiger partial charge in [-0.25, -0.2) is 17.5 Å². The number of halogens is 2. The first kappa shape index (κ1) is 16.0. The lowest BCUT2D eigenvalue weighted by molar-refractivity contribution is 0.274. The zero-order chi connectivity index (χ0) is 15.5. The molecule has 0 amide bonds. The van der Waals surface area contributed by atoms with E-state index in [1.165, 1.54) is 6.07 Å². The van der Waals surface area contributed by atoms with Gasteiger partial charge in [0.15, 0.2) is 5.82 Å². The fraction of sp³-hybridized carbons (Fsp3) is 0.273. The van der Waals surface area contributed by atoms with Gasteiger partial charge in [0.1, 0.15) is 10.7 Å². The Morgan fingerprint density at radius 3 is 2.81 bits per heavy atom. The summed E-state index contributed by atoms with van der Waals surface area (Å²) in [5, 5.41) is 12.6. The van der Waals surface area contributed by atoms with Crippen LogP contribution in [0.4, 0.5) is 4.39 Å². The first-order valence-electron chi connectivity index (χ1n) is 5.77. The third-order valence-electron chi connectivity index (χ3n) is 2.59. The van der Waals surface area contributed by atoms with Gasteiger partial charge in [0, 0.05) is 23.0 Å². The van der Waals surface area contributed by atoms with Gasteiger partial charge >= 0.3 is 0 Å². The summed E-state index contributed by atoms with van der Waals surface area (Å²) in [6.45, 7) is -0.612. The van der Waals surface area contributed by atoms with Gasteiger partial charge < -0.3 is 9.63 Å². The summed E-state index contributed by atoms with van der Waals surface area (Å²) in [6.07, 6.45) is 1.34. The lowest BCUT2D eigenvalue weighted by Gasteiger charge is -2.10. The van der Waals surface area contributed by atoms with Crippen molar-refractivity contribution >= 4 is 26.0 Å². The van der Waals surface area contributed by atoms with Crippen molar-refractivity contribution in [2.45, 2.75) is 17.9 Å². The summed E-state index contributed by atoms with van der Waals surface area (Å²) >= 11 is 3.08. The summed E-state index contributed by atoms with van der Waals surface area (Å²) in [6, 6.07) is 2.44. The molecule has 0 bridgehead atoms. The molecule has 0 saturated heterocycles. The molecular formula is C11H11BrFN3O4S. The Balaban J connectivity index is 2.17. The number of sulfonamides is 1. The van der Waals surface area contributed by atoms with Crippen LogP contribution in [0.15, 0.2) is 32.4 Å². The second-order valence-corrected chi connectivity index (χ2v) is 6.68. The summed E-state index contributed by atoms with van der Waals surface area (Å²) < 4.78 is 45.3. The van der Waals surface area contributed by atoms with E-state index in [0.29, 0.717) is 10.3 Å². The van der Waals surface area contributed by atoms with E-state index in [9.17, 15) is 12.8 Å². The van der Waals surface area contributed by atoms with E-state index in [1.807, 2.05) is 0 Å². The predicted octanol–water partition coefficient (Wildman–Crippen LogP) is 0.984. The van der Waals surface area contributed by atoms with Crippen molar-refractivity contribution in [2.24, 2.45) is 0 Å². The lowest BCUT2D eigenvalue weighted by Crippen LogP contribution is -2.27. The van der Waals surface area contributed by atoms with Crippen molar-refractivity contribution in [3.05, 3.63) is 40.2 Å². The van der Waals surface area contributed by atoms with E-state index in [-0.39, 0.29) is 18.5 Å². The SMILES string of the molecule is O=S(=O)(NCCc1ncon1)c1cc(Br)cc(CO)c1F. The average molecular weight is 380 g/mol. The molecule has 0 aliphatic heterocycles. The number of nitrogens with zero attached hydrogens (tertiary/aromatic N) is 2. The van der Waals surface area contributed by atoms with Crippen LogP contribution in [0.5, 0.6) is 0 Å². The molecule has 0 aliphatic carbocycles. The first-order chi connectivity index (χ1) is 9.94. The van der Waals surface area contributed by atoms with Gasteiger partial charge in [-0.15, -0.1) is 0 Å². The summed E-state index contributed by atoms with van der Waals surface area (Å²) in [7, 11) is -4.05. The van der Waals surface area contributed by atoms with Crippen molar-refractivity contribution in [2.75, 3.05) is 6.54 Å². The van der Waals surface area contributed by atoms with Gasteiger partial charge in [0.05, 0.1) is 6.61 Å². The Morgan fingerprint density at radius 2 is 2.19 bits per heavy atom. The molecule has 0 aliphatic rings. The molecule has 0 spiro atoms. The Hall–Kier alpha value is -1.36. The van der Waals surface area contributed by atoms with Gasteiger partial charge in [-0.05, 0) is 12.1 Å². The molecule has 2 aromatic rings. The van der Waals surface area contributed by atoms with Crippen molar-refractivity contribution in [1.29, 1.82) is 0 Å². The van der Waals surface area contributed by atoms with Crippen LogP contribution in [-0.4, -0.2) is 30.2 Å². The van der Waals surface area contributed by atoms with Gasteiger partial charge in [-0.2, -0.15) is 4.98 Å². The highest BCUT2D eigenvalue weighted by Gasteiger charge is 2.22. The summed E-state index contributed by atoms with van der Waals surface area (Å²) in [5.41, 5.74) is -0.108. The molecule has 2 N–H and O–H groups in total. The van der Waals surface area contributed by atoms with Crippen LogP contribution < -0.4 is 4.72 Å². The number of hydrogen-bond donors (Lipinski definition) is 2. The fourth-order valence-electron chi connectivity index (χ4n) is 1.61. The second kappa shape index (κ2) is 6.60. The first-order valence-corrected chi connectivity index (χ1v) is 8.05. The highest BCUT2D eigenvalue weighted by molar-refractivity contribution is 9.10. The molecule has 0 saturated carbocycles. The maximum Gasteiger partial charge on any atom is 0.243 e. The van der Waals surface area contributed by atoms with Gasteiger partial charge in [0.25, 0.3) is 0 Å². The van der Waals surface area contributed by atoms with Gasteiger partial charge in [-0.1, -0.05) is 21.1 Å². The number of nitrogens with one attached hydrogen (secondary N) is 1. The van der Waals surface area contributed by atoms with Crippen LogP contribution in [0.2, 0.25) is 0 Å². The molecule has 1 heterocycles. The van der Waals surface area contributed by atoms with E-state index in [1.54, 1.807) is 0 Å². The van der Waals surface area contributed by atoms with Crippen LogP contribution in [0.25, 0.3) is 0 Å². The Bertz CT molecular complexity index is 721. The average Bonchev–Trinajstić information content (AvgIpc) is 2.93. The van der Waals surface area contributed by atoms with E-state index in [0.717, 1.165) is 12.5 Å². The van der Waals surface area contributed by atoms with Crippen LogP contribution in [0.3, 0.4) is 0 Å². The molecule has 1 aromatic heterocycles. The van der Waals surface area contributed by atoms with Crippen LogP contribution in [-0.2, 0) is 23.1 Å². The molecule has 0 fully saturated rings. The predicted molar refractivity (Wildman–Crippen MR) is 73.2 cm³/mol. The largest absolute Gasteiger partial charge is 0.392 e. The molecule has 1 aromatic carbocycles. The fourth-order valence-corrected chi connectivity index (χ4v) is 3.44. The normalized spacial score (nSPS) is 11.8. The number of hydrogen-bond acceptors (Lipinski definition) is 6. The van der Waals surface area contributed by atoms with E-state index in [4.69, 9.17) is 5.11 Å². The lowest BCUT2D eigenvalue weighted by atomic mass is 10.2. The maximum atomic E-state index is 14.0. The number of aliphatic hydroxyl groups excluding tert-OH is 1. The molecule has 114 valence electrons. The van der Waals surface area contributed by atoms with Crippen LogP contribution in [0, 0.1) is 5.82 Å².